The van der Waals surface area contributed by atoms with E-state index in [2.05, 4.69) is 21.9 Å². The first-order chi connectivity index (χ1) is 16.5. The minimum Gasteiger partial charge on any atom is -0.497 e. The Balaban J connectivity index is 1.54. The Morgan fingerprint density at radius 1 is 1.06 bits per heavy atom. The van der Waals surface area contributed by atoms with Gasteiger partial charge in [0.05, 0.1) is 25.0 Å². The Bertz CT molecular complexity index is 1220. The highest BCUT2D eigenvalue weighted by atomic mass is 35.5. The molecule has 0 saturated carbocycles. The Morgan fingerprint density at radius 3 is 2.47 bits per heavy atom. The predicted octanol–water partition coefficient (Wildman–Crippen LogP) is 4.28. The van der Waals surface area contributed by atoms with Gasteiger partial charge in [-0.15, -0.1) is 0 Å². The fourth-order valence-electron chi connectivity index (χ4n) is 2.83. The van der Waals surface area contributed by atoms with Crippen LogP contribution in [0, 0.1) is 11.3 Å². The van der Waals surface area contributed by atoms with Crippen molar-refractivity contribution in [3.8, 4) is 17.6 Å². The van der Waals surface area contributed by atoms with E-state index in [0.29, 0.717) is 33.3 Å². The van der Waals surface area contributed by atoms with E-state index >= 15 is 0 Å². The van der Waals surface area contributed by atoms with Crippen LogP contribution in [-0.4, -0.2) is 25.1 Å². The Morgan fingerprint density at radius 2 is 1.79 bits per heavy atom. The number of nitriles is 1. The number of methoxy groups -OCH3 is 1. The summed E-state index contributed by atoms with van der Waals surface area (Å²) in [5, 5.41) is 15.9. The highest BCUT2D eigenvalue weighted by Crippen LogP contribution is 2.22. The minimum absolute atomic E-state index is 0.270. The van der Waals surface area contributed by atoms with E-state index < -0.39 is 18.2 Å². The van der Waals surface area contributed by atoms with Crippen LogP contribution < -0.4 is 20.2 Å². The molecular formula is C25H21ClN4O4. The molecule has 34 heavy (non-hydrogen) atoms. The third-order valence-corrected chi connectivity index (χ3v) is 4.77. The maximum atomic E-state index is 12.1. The number of rotatable bonds is 9. The lowest BCUT2D eigenvalue weighted by Gasteiger charge is -2.10. The van der Waals surface area contributed by atoms with Crippen LogP contribution in [0.1, 0.15) is 23.1 Å². The zero-order valence-corrected chi connectivity index (χ0v) is 19.0. The van der Waals surface area contributed by atoms with Crippen LogP contribution in [0.5, 0.6) is 11.5 Å². The van der Waals surface area contributed by atoms with E-state index in [1.807, 2.05) is 0 Å². The van der Waals surface area contributed by atoms with Crippen LogP contribution in [0.15, 0.2) is 71.8 Å². The molecule has 0 aliphatic carbocycles. The van der Waals surface area contributed by atoms with Crippen molar-refractivity contribution in [1.82, 2.24) is 5.43 Å². The van der Waals surface area contributed by atoms with E-state index in [1.165, 1.54) is 6.21 Å². The molecule has 0 heterocycles. The smallest absolute Gasteiger partial charge is 0.249 e. The highest BCUT2D eigenvalue weighted by Gasteiger charge is 2.10. The van der Waals surface area contributed by atoms with Gasteiger partial charge < -0.3 is 14.8 Å². The van der Waals surface area contributed by atoms with E-state index in [-0.39, 0.29) is 6.61 Å². The van der Waals surface area contributed by atoms with Crippen molar-refractivity contribution in [2.45, 2.75) is 13.0 Å². The number of halogens is 1. The second-order valence-corrected chi connectivity index (χ2v) is 7.46. The molecule has 3 aromatic carbocycles. The molecule has 3 aromatic rings. The Labute approximate surface area is 201 Å². The summed E-state index contributed by atoms with van der Waals surface area (Å²) in [6.45, 7) is 0.270. The van der Waals surface area contributed by atoms with E-state index in [0.717, 1.165) is 5.56 Å². The van der Waals surface area contributed by atoms with Crippen molar-refractivity contribution < 1.29 is 19.1 Å². The van der Waals surface area contributed by atoms with E-state index in [9.17, 15) is 9.59 Å². The zero-order chi connectivity index (χ0) is 24.3. The third-order valence-electron chi connectivity index (χ3n) is 4.54. The van der Waals surface area contributed by atoms with Crippen LogP contribution >= 0.6 is 11.6 Å². The van der Waals surface area contributed by atoms with Crippen LogP contribution in [0.2, 0.25) is 5.02 Å². The van der Waals surface area contributed by atoms with Gasteiger partial charge in [-0.3, -0.25) is 9.59 Å². The van der Waals surface area contributed by atoms with E-state index in [4.69, 9.17) is 26.3 Å². The molecule has 3 rings (SSSR count). The van der Waals surface area contributed by atoms with Crippen molar-refractivity contribution in [3.63, 3.8) is 0 Å². The van der Waals surface area contributed by atoms with Crippen molar-refractivity contribution in [1.29, 1.82) is 5.26 Å². The minimum atomic E-state index is -0.579. The molecule has 0 radical (unpaired) electrons. The summed E-state index contributed by atoms with van der Waals surface area (Å²) in [6.07, 6.45) is 0.986. The first kappa shape index (κ1) is 24.3. The van der Waals surface area contributed by atoms with Gasteiger partial charge in [0.25, 0.3) is 0 Å². The molecule has 2 amide bonds. The fraction of sp³-hybridized carbons (Fsp3) is 0.120. The molecule has 0 aromatic heterocycles. The van der Waals surface area contributed by atoms with Gasteiger partial charge in [-0.05, 0) is 60.2 Å². The monoisotopic (exact) mass is 476 g/mol. The quantitative estimate of drug-likeness (QED) is 0.272. The van der Waals surface area contributed by atoms with Gasteiger partial charge in [-0.2, -0.15) is 10.4 Å². The molecule has 172 valence electrons. The summed E-state index contributed by atoms with van der Waals surface area (Å²) in [5.74, 6) is 0.103. The molecule has 0 fully saturated rings. The largest absolute Gasteiger partial charge is 0.497 e. The first-order valence-electron chi connectivity index (χ1n) is 10.1. The van der Waals surface area contributed by atoms with Crippen LogP contribution in [0.25, 0.3) is 0 Å². The van der Waals surface area contributed by atoms with Gasteiger partial charge in [0.15, 0.2) is 0 Å². The number of nitrogens with one attached hydrogen (secondary N) is 2. The predicted molar refractivity (Wildman–Crippen MR) is 129 cm³/mol. The third kappa shape index (κ3) is 7.36. The van der Waals surface area contributed by atoms with Gasteiger partial charge >= 0.3 is 0 Å². The number of hydrazone groups is 1. The molecule has 0 saturated heterocycles. The summed E-state index contributed by atoms with van der Waals surface area (Å²) in [4.78, 5) is 24.1. The summed E-state index contributed by atoms with van der Waals surface area (Å²) in [6, 6.07) is 20.9. The summed E-state index contributed by atoms with van der Waals surface area (Å²) in [5.41, 5.74) is 4.86. The van der Waals surface area contributed by atoms with Gasteiger partial charge in [-0.1, -0.05) is 23.7 Å². The van der Waals surface area contributed by atoms with Gasteiger partial charge in [-0.25, -0.2) is 5.43 Å². The number of carbonyl (C=O) groups excluding carboxylic acids is 2. The average Bonchev–Trinajstić information content (AvgIpc) is 2.84. The van der Waals surface area contributed by atoms with Crippen molar-refractivity contribution in [3.05, 3.63) is 88.4 Å². The van der Waals surface area contributed by atoms with Crippen molar-refractivity contribution in [2.24, 2.45) is 5.10 Å². The summed E-state index contributed by atoms with van der Waals surface area (Å²) < 4.78 is 10.9. The van der Waals surface area contributed by atoms with E-state index in [1.54, 1.807) is 73.8 Å². The average molecular weight is 477 g/mol. The molecule has 8 nitrogen and oxygen atoms in total. The van der Waals surface area contributed by atoms with Gasteiger partial charge in [0.1, 0.15) is 24.5 Å². The van der Waals surface area contributed by atoms with Crippen molar-refractivity contribution in [2.75, 3.05) is 12.4 Å². The number of amides is 2. The summed E-state index contributed by atoms with van der Waals surface area (Å²) in [7, 11) is 1.55. The topological polar surface area (TPSA) is 113 Å². The lowest BCUT2D eigenvalue weighted by atomic mass is 10.1. The lowest BCUT2D eigenvalue weighted by molar-refractivity contribution is -0.126. The second kappa shape index (κ2) is 12.0. The highest BCUT2D eigenvalue weighted by molar-refractivity contribution is 6.30. The number of hydrogen-bond acceptors (Lipinski definition) is 6. The molecule has 0 atom stereocenters. The number of nitrogens with zero attached hydrogens (tertiary/aromatic N) is 2. The number of hydrogen-bond donors (Lipinski definition) is 2. The zero-order valence-electron chi connectivity index (χ0n) is 18.2. The lowest BCUT2D eigenvalue weighted by Crippen LogP contribution is -2.24. The van der Waals surface area contributed by atoms with Crippen LogP contribution in [0.3, 0.4) is 0 Å². The van der Waals surface area contributed by atoms with Crippen molar-refractivity contribution >= 4 is 35.3 Å². The number of anilines is 1. The molecule has 2 N–H and O–H groups in total. The molecule has 0 aliphatic rings. The number of benzene rings is 3. The Kier molecular flexibility index (Phi) is 8.60. The molecular weight excluding hydrogens is 456 g/mol. The van der Waals surface area contributed by atoms with Gasteiger partial charge in [0.2, 0.25) is 11.8 Å². The molecule has 0 spiro atoms. The standard InChI is InChI=1S/C25H21ClN4O4/c1-33-22-9-7-21(8-10-22)29-24(31)13-25(32)30-28-15-19-12-20(26)6-11-23(19)34-16-18-4-2-17(14-27)3-5-18/h2-12,15H,13,16H2,1H3,(H,29,31)(H,30,32). The van der Waals surface area contributed by atoms with Gasteiger partial charge in [0, 0.05) is 16.3 Å². The molecule has 0 unspecified atom stereocenters. The second-order valence-electron chi connectivity index (χ2n) is 7.03. The molecule has 0 aliphatic heterocycles. The maximum absolute atomic E-state index is 12.1. The maximum Gasteiger partial charge on any atom is 0.249 e. The normalized spacial score (nSPS) is 10.4. The molecule has 9 heteroatoms. The SMILES string of the molecule is COc1ccc(NC(=O)CC(=O)NN=Cc2cc(Cl)ccc2OCc2ccc(C#N)cc2)cc1. The van der Waals surface area contributed by atoms with Crippen LogP contribution in [0.4, 0.5) is 5.69 Å². The summed E-state index contributed by atoms with van der Waals surface area (Å²) >= 11 is 6.08. The first-order valence-corrected chi connectivity index (χ1v) is 10.5. The Hall–Kier alpha value is -4.35. The fourth-order valence-corrected chi connectivity index (χ4v) is 3.01. The number of ether oxygens (including phenoxy) is 2. The van der Waals surface area contributed by atoms with Crippen LogP contribution in [-0.2, 0) is 16.2 Å². The number of carbonyl (C=O) groups is 2. The molecule has 0 bridgehead atoms.